The number of nitrogens with one attached hydrogen (secondary N) is 1. The fourth-order valence-corrected chi connectivity index (χ4v) is 3.06. The Hall–Kier alpha value is -2.62. The molecule has 23 heavy (non-hydrogen) atoms. The van der Waals surface area contributed by atoms with Gasteiger partial charge >= 0.3 is 0 Å². The Morgan fingerprint density at radius 2 is 1.70 bits per heavy atom. The van der Waals surface area contributed by atoms with E-state index in [1.807, 2.05) is 62.4 Å². The van der Waals surface area contributed by atoms with Crippen molar-refractivity contribution in [3.05, 3.63) is 70.8 Å². The second kappa shape index (κ2) is 6.24. The van der Waals surface area contributed by atoms with Gasteiger partial charge in [-0.1, -0.05) is 42.5 Å². The van der Waals surface area contributed by atoms with Crippen LogP contribution in [0.2, 0.25) is 0 Å². The summed E-state index contributed by atoms with van der Waals surface area (Å²) in [7, 11) is 0. The zero-order valence-electron chi connectivity index (χ0n) is 13.4. The Morgan fingerprint density at radius 1 is 1.04 bits per heavy atom. The number of hydrogen-bond acceptors (Lipinski definition) is 2. The van der Waals surface area contributed by atoms with E-state index in [0.29, 0.717) is 18.7 Å². The summed E-state index contributed by atoms with van der Waals surface area (Å²) < 4.78 is 0. The van der Waals surface area contributed by atoms with E-state index < -0.39 is 6.04 Å². The fraction of sp³-hybridized carbons (Fsp3) is 0.263. The minimum atomic E-state index is -0.572. The van der Waals surface area contributed by atoms with Crippen LogP contribution in [0.25, 0.3) is 0 Å². The molecule has 1 atom stereocenters. The lowest BCUT2D eigenvalue weighted by Crippen LogP contribution is -2.52. The van der Waals surface area contributed by atoms with Gasteiger partial charge in [-0.25, -0.2) is 0 Å². The molecule has 2 amide bonds. The van der Waals surface area contributed by atoms with Crippen molar-refractivity contribution in [1.29, 1.82) is 0 Å². The van der Waals surface area contributed by atoms with Gasteiger partial charge in [-0.2, -0.15) is 0 Å². The van der Waals surface area contributed by atoms with Gasteiger partial charge < -0.3 is 10.2 Å². The number of carbonyl (C=O) groups is 2. The molecule has 1 N–H and O–H groups in total. The van der Waals surface area contributed by atoms with Crippen LogP contribution in [0.3, 0.4) is 0 Å². The molecule has 1 fully saturated rings. The summed E-state index contributed by atoms with van der Waals surface area (Å²) in [6.07, 6.45) is 0. The van der Waals surface area contributed by atoms with Crippen LogP contribution in [-0.4, -0.2) is 29.8 Å². The van der Waals surface area contributed by atoms with Crippen LogP contribution in [0.15, 0.2) is 48.5 Å². The van der Waals surface area contributed by atoms with Crippen LogP contribution in [0.4, 0.5) is 0 Å². The summed E-state index contributed by atoms with van der Waals surface area (Å²) in [5, 5.41) is 2.88. The average molecular weight is 308 g/mol. The van der Waals surface area contributed by atoms with E-state index in [-0.39, 0.29) is 11.8 Å². The van der Waals surface area contributed by atoms with Crippen LogP contribution in [0, 0.1) is 13.8 Å². The molecule has 2 aromatic rings. The second-order valence-corrected chi connectivity index (χ2v) is 5.86. The number of benzene rings is 2. The number of hydrogen-bond donors (Lipinski definition) is 1. The highest BCUT2D eigenvalue weighted by atomic mass is 16.2. The Morgan fingerprint density at radius 3 is 2.39 bits per heavy atom. The molecule has 2 aromatic carbocycles. The second-order valence-electron chi connectivity index (χ2n) is 5.86. The molecule has 4 nitrogen and oxygen atoms in total. The molecule has 1 saturated heterocycles. The van der Waals surface area contributed by atoms with Crippen LogP contribution < -0.4 is 5.32 Å². The zero-order valence-corrected chi connectivity index (χ0v) is 13.4. The number of piperazine rings is 1. The molecule has 1 unspecified atom stereocenters. The Balaban J connectivity index is 2.02. The van der Waals surface area contributed by atoms with Crippen LogP contribution in [0.5, 0.6) is 0 Å². The van der Waals surface area contributed by atoms with E-state index in [1.165, 1.54) is 0 Å². The third kappa shape index (κ3) is 2.84. The predicted molar refractivity (Wildman–Crippen MR) is 89.1 cm³/mol. The van der Waals surface area contributed by atoms with Crippen molar-refractivity contribution in [2.45, 2.75) is 19.9 Å². The number of amides is 2. The number of carbonyl (C=O) groups excluding carboxylic acids is 2. The van der Waals surface area contributed by atoms with E-state index in [2.05, 4.69) is 5.32 Å². The number of nitrogens with zero attached hydrogens (tertiary/aromatic N) is 1. The monoisotopic (exact) mass is 308 g/mol. The molecule has 3 rings (SSSR count). The predicted octanol–water partition coefficient (Wildman–Crippen LogP) is 2.62. The van der Waals surface area contributed by atoms with E-state index in [9.17, 15) is 9.59 Å². The van der Waals surface area contributed by atoms with Crippen molar-refractivity contribution < 1.29 is 9.59 Å². The molecule has 4 heteroatoms. The summed E-state index contributed by atoms with van der Waals surface area (Å²) in [4.78, 5) is 27.2. The Labute approximate surface area is 136 Å². The number of aryl methyl sites for hydroxylation is 2. The first kappa shape index (κ1) is 15.3. The summed E-state index contributed by atoms with van der Waals surface area (Å²) >= 11 is 0. The maximum absolute atomic E-state index is 13.0. The first-order valence-electron chi connectivity index (χ1n) is 7.79. The number of rotatable bonds is 2. The maximum atomic E-state index is 13.0. The van der Waals surface area contributed by atoms with Gasteiger partial charge in [0, 0.05) is 18.7 Å². The van der Waals surface area contributed by atoms with Crippen molar-refractivity contribution in [3.8, 4) is 0 Å². The van der Waals surface area contributed by atoms with Gasteiger partial charge in [-0.05, 0) is 36.6 Å². The SMILES string of the molecule is Cc1ccccc1C(=O)N1CCNC(=O)C1c1ccccc1C. The highest BCUT2D eigenvalue weighted by molar-refractivity contribution is 5.99. The molecule has 118 valence electrons. The van der Waals surface area contributed by atoms with Crippen molar-refractivity contribution in [1.82, 2.24) is 10.2 Å². The van der Waals surface area contributed by atoms with Gasteiger partial charge in [-0.15, -0.1) is 0 Å². The Kier molecular flexibility index (Phi) is 4.15. The lowest BCUT2D eigenvalue weighted by molar-refractivity contribution is -0.128. The van der Waals surface area contributed by atoms with Crippen molar-refractivity contribution >= 4 is 11.8 Å². The first-order chi connectivity index (χ1) is 11.1. The molecule has 0 aliphatic carbocycles. The van der Waals surface area contributed by atoms with Gasteiger partial charge in [0.05, 0.1) is 0 Å². The zero-order chi connectivity index (χ0) is 16.4. The Bertz CT molecular complexity index is 755. The largest absolute Gasteiger partial charge is 0.352 e. The minimum Gasteiger partial charge on any atom is -0.352 e. The van der Waals surface area contributed by atoms with Crippen molar-refractivity contribution in [2.75, 3.05) is 13.1 Å². The van der Waals surface area contributed by atoms with Gasteiger partial charge in [0.25, 0.3) is 5.91 Å². The molecule has 0 aromatic heterocycles. The van der Waals surface area contributed by atoms with Crippen LogP contribution in [0.1, 0.15) is 33.1 Å². The van der Waals surface area contributed by atoms with Crippen LogP contribution in [-0.2, 0) is 4.79 Å². The summed E-state index contributed by atoms with van der Waals surface area (Å²) in [5.74, 6) is -0.210. The van der Waals surface area contributed by atoms with E-state index in [1.54, 1.807) is 4.90 Å². The molecule has 1 aliphatic rings. The molecule has 0 saturated carbocycles. The fourth-order valence-electron chi connectivity index (χ4n) is 3.06. The van der Waals surface area contributed by atoms with E-state index in [4.69, 9.17) is 0 Å². The third-order valence-corrected chi connectivity index (χ3v) is 4.33. The molecule has 1 aliphatic heterocycles. The van der Waals surface area contributed by atoms with Crippen molar-refractivity contribution in [3.63, 3.8) is 0 Å². The van der Waals surface area contributed by atoms with Gasteiger partial charge in [0.15, 0.2) is 0 Å². The highest BCUT2D eigenvalue weighted by Crippen LogP contribution is 2.28. The molecule has 0 spiro atoms. The molecule has 0 bridgehead atoms. The van der Waals surface area contributed by atoms with E-state index in [0.717, 1.165) is 16.7 Å². The van der Waals surface area contributed by atoms with Crippen molar-refractivity contribution in [2.24, 2.45) is 0 Å². The van der Waals surface area contributed by atoms with Gasteiger partial charge in [0.1, 0.15) is 6.04 Å². The average Bonchev–Trinajstić information content (AvgIpc) is 2.55. The minimum absolute atomic E-state index is 0.0915. The third-order valence-electron chi connectivity index (χ3n) is 4.33. The lowest BCUT2D eigenvalue weighted by atomic mass is 9.96. The molecular weight excluding hydrogens is 288 g/mol. The quantitative estimate of drug-likeness (QED) is 0.927. The maximum Gasteiger partial charge on any atom is 0.255 e. The molecule has 1 heterocycles. The highest BCUT2D eigenvalue weighted by Gasteiger charge is 2.35. The van der Waals surface area contributed by atoms with Gasteiger partial charge in [-0.3, -0.25) is 9.59 Å². The normalized spacial score (nSPS) is 17.7. The van der Waals surface area contributed by atoms with Crippen LogP contribution >= 0.6 is 0 Å². The molecular formula is C19H20N2O2. The van der Waals surface area contributed by atoms with E-state index >= 15 is 0 Å². The summed E-state index contributed by atoms with van der Waals surface area (Å²) in [5.41, 5.74) is 3.47. The first-order valence-corrected chi connectivity index (χ1v) is 7.79. The van der Waals surface area contributed by atoms with Gasteiger partial charge in [0.2, 0.25) is 5.91 Å². The summed E-state index contributed by atoms with van der Waals surface area (Å²) in [6, 6.07) is 14.7. The standard InChI is InChI=1S/C19H20N2O2/c1-13-7-3-5-9-15(13)17-18(22)20-11-12-21(17)19(23)16-10-6-4-8-14(16)2/h3-10,17H,11-12H2,1-2H3,(H,20,22). The molecule has 0 radical (unpaired) electrons. The summed E-state index contributed by atoms with van der Waals surface area (Å²) in [6.45, 7) is 4.88. The lowest BCUT2D eigenvalue weighted by Gasteiger charge is -2.36. The smallest absolute Gasteiger partial charge is 0.255 e. The topological polar surface area (TPSA) is 49.4 Å².